The molecule has 2 aromatic heterocycles. The Morgan fingerprint density at radius 1 is 1.30 bits per heavy atom. The van der Waals surface area contributed by atoms with Crippen LogP contribution in [0.1, 0.15) is 5.69 Å². The third kappa shape index (κ3) is 2.55. The first-order valence-corrected chi connectivity index (χ1v) is 6.67. The number of halogens is 1. The maximum absolute atomic E-state index is 12.0. The van der Waals surface area contributed by atoms with Crippen LogP contribution in [0.4, 0.5) is 0 Å². The van der Waals surface area contributed by atoms with Crippen LogP contribution in [-0.4, -0.2) is 49.8 Å². The lowest BCUT2D eigenvalue weighted by Crippen LogP contribution is -2.24. The van der Waals surface area contributed by atoms with Crippen LogP contribution in [0, 0.1) is 0 Å². The molecule has 20 heavy (non-hydrogen) atoms. The van der Waals surface area contributed by atoms with Gasteiger partial charge in [0.25, 0.3) is 5.56 Å². The van der Waals surface area contributed by atoms with Crippen molar-refractivity contribution in [2.45, 2.75) is 18.8 Å². The van der Waals surface area contributed by atoms with Gasteiger partial charge in [0.1, 0.15) is 5.65 Å². The van der Waals surface area contributed by atoms with E-state index in [0.29, 0.717) is 36.0 Å². The summed E-state index contributed by atoms with van der Waals surface area (Å²) in [7, 11) is 0. The average molecular weight is 296 g/mol. The van der Waals surface area contributed by atoms with Gasteiger partial charge in [-0.25, -0.2) is 4.98 Å². The molecule has 0 aliphatic carbocycles. The van der Waals surface area contributed by atoms with Crippen molar-refractivity contribution < 1.29 is 10.2 Å². The van der Waals surface area contributed by atoms with Crippen molar-refractivity contribution in [1.82, 2.24) is 14.3 Å². The Morgan fingerprint density at radius 3 is 2.70 bits per heavy atom. The van der Waals surface area contributed by atoms with E-state index in [1.165, 1.54) is 16.7 Å². The molecular weight excluding hydrogens is 282 g/mol. The number of hydrogen-bond donors (Lipinski definition) is 2. The average Bonchev–Trinajstić information content (AvgIpc) is 2.69. The van der Waals surface area contributed by atoms with Gasteiger partial charge in [-0.05, 0) is 12.1 Å². The summed E-state index contributed by atoms with van der Waals surface area (Å²) in [6.45, 7) is 1.17. The first-order chi connectivity index (χ1) is 9.52. The Hall–Kier alpha value is -1.47. The molecule has 2 aromatic rings. The Labute approximate surface area is 119 Å². The fraction of sp³-hybridized carbons (Fsp3) is 0.385. The highest BCUT2D eigenvalue weighted by Gasteiger charge is 2.29. The number of rotatable bonds is 2. The van der Waals surface area contributed by atoms with E-state index in [2.05, 4.69) is 4.98 Å². The van der Waals surface area contributed by atoms with Gasteiger partial charge in [0.05, 0.1) is 22.9 Å². The first-order valence-electron chi connectivity index (χ1n) is 6.29. The zero-order valence-corrected chi connectivity index (χ0v) is 11.4. The number of likely N-dealkylation sites (tertiary alicyclic amines) is 1. The Morgan fingerprint density at radius 2 is 2.00 bits per heavy atom. The van der Waals surface area contributed by atoms with Gasteiger partial charge in [-0.3, -0.25) is 14.1 Å². The number of aliphatic hydroxyl groups excluding tert-OH is 2. The van der Waals surface area contributed by atoms with Gasteiger partial charge in [0, 0.05) is 31.9 Å². The molecule has 106 valence electrons. The molecule has 6 nitrogen and oxygen atoms in total. The van der Waals surface area contributed by atoms with Gasteiger partial charge < -0.3 is 10.2 Å². The van der Waals surface area contributed by atoms with E-state index >= 15 is 0 Å². The number of pyridine rings is 1. The molecule has 1 aliphatic rings. The Bertz CT molecular complexity index is 693. The van der Waals surface area contributed by atoms with Crippen molar-refractivity contribution in [3.05, 3.63) is 45.5 Å². The fourth-order valence-electron chi connectivity index (χ4n) is 2.41. The van der Waals surface area contributed by atoms with E-state index in [-0.39, 0.29) is 5.56 Å². The Kier molecular flexibility index (Phi) is 3.47. The summed E-state index contributed by atoms with van der Waals surface area (Å²) in [6, 6.07) is 4.80. The molecule has 0 radical (unpaired) electrons. The molecule has 0 amide bonds. The molecule has 0 saturated carbocycles. The number of aromatic nitrogens is 2. The molecule has 2 N–H and O–H groups in total. The minimum Gasteiger partial charge on any atom is -0.389 e. The maximum Gasteiger partial charge on any atom is 0.258 e. The first kappa shape index (κ1) is 13.5. The van der Waals surface area contributed by atoms with Crippen molar-refractivity contribution in [2.24, 2.45) is 0 Å². The predicted octanol–water partition coefficient (Wildman–Crippen LogP) is -0.115. The van der Waals surface area contributed by atoms with Gasteiger partial charge in [-0.1, -0.05) is 11.6 Å². The number of aliphatic hydroxyl groups is 2. The van der Waals surface area contributed by atoms with E-state index < -0.39 is 12.2 Å². The highest BCUT2D eigenvalue weighted by molar-refractivity contribution is 6.30. The third-order valence-electron chi connectivity index (χ3n) is 3.40. The number of nitrogens with zero attached hydrogens (tertiary/aromatic N) is 3. The standard InChI is InChI=1S/C13H14ClN3O3/c14-8-1-2-12-15-9(3-13(20)17(12)4-8)5-16-6-10(18)11(19)7-16/h1-4,10-11,18-19H,5-7H2/t10-,11+. The zero-order chi connectivity index (χ0) is 14.3. The van der Waals surface area contributed by atoms with Crippen LogP contribution in [0.3, 0.4) is 0 Å². The van der Waals surface area contributed by atoms with Crippen LogP contribution in [0.2, 0.25) is 5.02 Å². The molecular formula is C13H14ClN3O3. The molecule has 2 atom stereocenters. The van der Waals surface area contributed by atoms with Crippen LogP contribution in [0.15, 0.2) is 29.2 Å². The molecule has 0 spiro atoms. The second-order valence-electron chi connectivity index (χ2n) is 4.99. The summed E-state index contributed by atoms with van der Waals surface area (Å²) in [5.41, 5.74) is 0.934. The zero-order valence-electron chi connectivity index (χ0n) is 10.6. The van der Waals surface area contributed by atoms with Crippen LogP contribution in [-0.2, 0) is 6.54 Å². The normalized spacial score (nSPS) is 23.6. The molecule has 0 bridgehead atoms. The van der Waals surface area contributed by atoms with Crippen molar-refractivity contribution >= 4 is 17.2 Å². The van der Waals surface area contributed by atoms with E-state index in [0.717, 1.165) is 0 Å². The summed E-state index contributed by atoms with van der Waals surface area (Å²) in [4.78, 5) is 18.3. The second-order valence-corrected chi connectivity index (χ2v) is 5.43. The second kappa shape index (κ2) is 5.14. The molecule has 3 rings (SSSR count). The van der Waals surface area contributed by atoms with E-state index in [1.54, 1.807) is 12.1 Å². The van der Waals surface area contributed by atoms with Crippen molar-refractivity contribution in [2.75, 3.05) is 13.1 Å². The largest absolute Gasteiger partial charge is 0.389 e. The molecule has 0 unspecified atom stereocenters. The predicted molar refractivity (Wildman–Crippen MR) is 73.8 cm³/mol. The molecule has 1 saturated heterocycles. The molecule has 1 fully saturated rings. The summed E-state index contributed by atoms with van der Waals surface area (Å²) >= 11 is 5.85. The highest BCUT2D eigenvalue weighted by Crippen LogP contribution is 2.13. The van der Waals surface area contributed by atoms with Crippen LogP contribution < -0.4 is 5.56 Å². The van der Waals surface area contributed by atoms with E-state index in [4.69, 9.17) is 11.6 Å². The lowest BCUT2D eigenvalue weighted by molar-refractivity contribution is 0.0572. The number of hydrogen-bond acceptors (Lipinski definition) is 5. The van der Waals surface area contributed by atoms with Crippen molar-refractivity contribution in [3.8, 4) is 0 Å². The van der Waals surface area contributed by atoms with Gasteiger partial charge in [-0.2, -0.15) is 0 Å². The van der Waals surface area contributed by atoms with Crippen LogP contribution >= 0.6 is 11.6 Å². The van der Waals surface area contributed by atoms with Crippen molar-refractivity contribution in [3.63, 3.8) is 0 Å². The molecule has 1 aliphatic heterocycles. The highest BCUT2D eigenvalue weighted by atomic mass is 35.5. The number of fused-ring (bicyclic) bond motifs is 1. The van der Waals surface area contributed by atoms with Gasteiger partial charge in [-0.15, -0.1) is 0 Å². The summed E-state index contributed by atoms with van der Waals surface area (Å²) in [6.07, 6.45) is 0.0463. The Balaban J connectivity index is 1.90. The van der Waals surface area contributed by atoms with E-state index in [9.17, 15) is 15.0 Å². The number of β-amino-alcohol motifs (C(OH)–C–C–N with tert-alkyl or cyclic N) is 2. The lowest BCUT2D eigenvalue weighted by atomic mass is 10.3. The van der Waals surface area contributed by atoms with E-state index in [1.807, 2.05) is 4.90 Å². The summed E-state index contributed by atoms with van der Waals surface area (Å²) < 4.78 is 1.39. The minimum atomic E-state index is -0.740. The summed E-state index contributed by atoms with van der Waals surface area (Å²) in [5, 5.41) is 19.5. The topological polar surface area (TPSA) is 78.1 Å². The minimum absolute atomic E-state index is 0.201. The maximum atomic E-state index is 12.0. The molecule has 7 heteroatoms. The SMILES string of the molecule is O=c1cc(CN2C[C@@H](O)[C@@H](O)C2)nc2ccc(Cl)cn12. The summed E-state index contributed by atoms with van der Waals surface area (Å²) in [5.74, 6) is 0. The van der Waals surface area contributed by atoms with Crippen LogP contribution in [0.5, 0.6) is 0 Å². The molecule has 0 aromatic carbocycles. The van der Waals surface area contributed by atoms with Gasteiger partial charge in [0.2, 0.25) is 0 Å². The quantitative estimate of drug-likeness (QED) is 0.808. The van der Waals surface area contributed by atoms with Crippen LogP contribution in [0.25, 0.3) is 5.65 Å². The smallest absolute Gasteiger partial charge is 0.258 e. The van der Waals surface area contributed by atoms with Crippen molar-refractivity contribution in [1.29, 1.82) is 0 Å². The van der Waals surface area contributed by atoms with Gasteiger partial charge >= 0.3 is 0 Å². The fourth-order valence-corrected chi connectivity index (χ4v) is 2.57. The van der Waals surface area contributed by atoms with Gasteiger partial charge in [0.15, 0.2) is 0 Å². The monoisotopic (exact) mass is 295 g/mol. The lowest BCUT2D eigenvalue weighted by Gasteiger charge is -2.14. The third-order valence-corrected chi connectivity index (χ3v) is 3.62. The molecule has 3 heterocycles.